The zero-order valence-corrected chi connectivity index (χ0v) is 13.7. The van der Waals surface area contributed by atoms with Crippen molar-refractivity contribution < 1.29 is 9.53 Å². The summed E-state index contributed by atoms with van der Waals surface area (Å²) >= 11 is 3.47. The highest BCUT2D eigenvalue weighted by Crippen LogP contribution is 2.16. The molecule has 0 saturated carbocycles. The molecule has 0 unspecified atom stereocenters. The molecule has 0 radical (unpaired) electrons. The second-order valence-corrected chi connectivity index (χ2v) is 5.81. The van der Waals surface area contributed by atoms with Gasteiger partial charge in [-0.05, 0) is 23.6 Å². The van der Waals surface area contributed by atoms with Crippen molar-refractivity contribution in [3.63, 3.8) is 0 Å². The molecule has 2 aromatic rings. The molecule has 0 aliphatic rings. The molecule has 0 spiro atoms. The standard InChI is InChI=1S/C18H19BrO2/c1-2-5-14-8-10-15(11-9-14)18(20)13-21-12-16-6-3-4-7-17(16)19/h3-4,6-11H,2,5,12-13H2,1H3. The first-order valence-electron chi connectivity index (χ1n) is 7.14. The van der Waals surface area contributed by atoms with Gasteiger partial charge in [-0.25, -0.2) is 0 Å². The van der Waals surface area contributed by atoms with Gasteiger partial charge in [0.2, 0.25) is 0 Å². The molecule has 0 atom stereocenters. The summed E-state index contributed by atoms with van der Waals surface area (Å²) in [7, 11) is 0. The highest BCUT2D eigenvalue weighted by atomic mass is 79.9. The maximum absolute atomic E-state index is 12.1. The minimum Gasteiger partial charge on any atom is -0.369 e. The Morgan fingerprint density at radius 1 is 1.10 bits per heavy atom. The average molecular weight is 347 g/mol. The number of aryl methyl sites for hydroxylation is 1. The van der Waals surface area contributed by atoms with Gasteiger partial charge >= 0.3 is 0 Å². The van der Waals surface area contributed by atoms with Crippen LogP contribution in [0.3, 0.4) is 0 Å². The van der Waals surface area contributed by atoms with Crippen LogP contribution in [0.2, 0.25) is 0 Å². The minimum absolute atomic E-state index is 0.0186. The van der Waals surface area contributed by atoms with Gasteiger partial charge in [0.1, 0.15) is 6.61 Å². The lowest BCUT2D eigenvalue weighted by Crippen LogP contribution is -2.09. The number of ether oxygens (including phenoxy) is 1. The molecular weight excluding hydrogens is 328 g/mol. The molecule has 110 valence electrons. The van der Waals surface area contributed by atoms with E-state index < -0.39 is 0 Å². The SMILES string of the molecule is CCCc1ccc(C(=O)COCc2ccccc2Br)cc1. The summed E-state index contributed by atoms with van der Waals surface area (Å²) in [5, 5.41) is 0. The van der Waals surface area contributed by atoms with E-state index in [4.69, 9.17) is 4.74 Å². The van der Waals surface area contributed by atoms with Gasteiger partial charge in [0.15, 0.2) is 5.78 Å². The van der Waals surface area contributed by atoms with Crippen molar-refractivity contribution in [2.45, 2.75) is 26.4 Å². The number of hydrogen-bond donors (Lipinski definition) is 0. The van der Waals surface area contributed by atoms with Crippen LogP contribution in [-0.4, -0.2) is 12.4 Å². The van der Waals surface area contributed by atoms with Gasteiger partial charge in [0.25, 0.3) is 0 Å². The molecule has 0 N–H and O–H groups in total. The summed E-state index contributed by atoms with van der Waals surface area (Å²) in [4.78, 5) is 12.1. The molecule has 2 aromatic carbocycles. The van der Waals surface area contributed by atoms with E-state index >= 15 is 0 Å². The van der Waals surface area contributed by atoms with E-state index in [-0.39, 0.29) is 12.4 Å². The number of carbonyl (C=O) groups is 1. The number of Topliss-reactive ketones (excluding diaryl/α,β-unsaturated/α-hetero) is 1. The van der Waals surface area contributed by atoms with Gasteiger partial charge in [-0.2, -0.15) is 0 Å². The minimum atomic E-state index is 0.0186. The van der Waals surface area contributed by atoms with Crippen molar-refractivity contribution >= 4 is 21.7 Å². The van der Waals surface area contributed by atoms with Gasteiger partial charge in [-0.3, -0.25) is 4.79 Å². The Morgan fingerprint density at radius 3 is 2.48 bits per heavy atom. The Kier molecular flexibility index (Phi) is 6.15. The summed E-state index contributed by atoms with van der Waals surface area (Å²) in [5.41, 5.74) is 3.02. The molecule has 3 heteroatoms. The molecule has 21 heavy (non-hydrogen) atoms. The van der Waals surface area contributed by atoms with E-state index in [1.54, 1.807) is 0 Å². The fraction of sp³-hybridized carbons (Fsp3) is 0.278. The van der Waals surface area contributed by atoms with E-state index in [1.165, 1.54) is 5.56 Å². The third kappa shape index (κ3) is 4.80. The summed E-state index contributed by atoms with van der Waals surface area (Å²) in [6.07, 6.45) is 2.16. The van der Waals surface area contributed by atoms with Crippen molar-refractivity contribution in [2.24, 2.45) is 0 Å². The van der Waals surface area contributed by atoms with Crippen LogP contribution in [0.5, 0.6) is 0 Å². The lowest BCUT2D eigenvalue weighted by molar-refractivity contribution is 0.0725. The summed E-state index contributed by atoms with van der Waals surface area (Å²) in [6.45, 7) is 2.68. The van der Waals surface area contributed by atoms with Crippen LogP contribution in [0.15, 0.2) is 53.0 Å². The van der Waals surface area contributed by atoms with E-state index in [1.807, 2.05) is 48.5 Å². The predicted octanol–water partition coefficient (Wildman–Crippen LogP) is 4.80. The average Bonchev–Trinajstić information content (AvgIpc) is 2.50. The monoisotopic (exact) mass is 346 g/mol. The maximum atomic E-state index is 12.1. The van der Waals surface area contributed by atoms with E-state index in [0.29, 0.717) is 12.2 Å². The summed E-state index contributed by atoms with van der Waals surface area (Å²) in [6, 6.07) is 15.7. The van der Waals surface area contributed by atoms with Gasteiger partial charge in [0.05, 0.1) is 6.61 Å². The second kappa shape index (κ2) is 8.11. The number of halogens is 1. The van der Waals surface area contributed by atoms with Crippen molar-refractivity contribution in [1.29, 1.82) is 0 Å². The predicted molar refractivity (Wildman–Crippen MR) is 88.6 cm³/mol. The lowest BCUT2D eigenvalue weighted by atomic mass is 10.1. The number of rotatable bonds is 7. The largest absolute Gasteiger partial charge is 0.369 e. The Balaban J connectivity index is 1.85. The number of benzene rings is 2. The number of carbonyl (C=O) groups excluding carboxylic acids is 1. The van der Waals surface area contributed by atoms with Crippen LogP contribution in [-0.2, 0) is 17.8 Å². The van der Waals surface area contributed by atoms with E-state index in [2.05, 4.69) is 22.9 Å². The number of ketones is 1. The Morgan fingerprint density at radius 2 is 1.81 bits per heavy atom. The van der Waals surface area contributed by atoms with Crippen molar-refractivity contribution in [3.05, 3.63) is 69.7 Å². The smallest absolute Gasteiger partial charge is 0.188 e. The molecule has 0 heterocycles. The molecule has 0 fully saturated rings. The fourth-order valence-electron chi connectivity index (χ4n) is 2.10. The van der Waals surface area contributed by atoms with Crippen LogP contribution in [0.4, 0.5) is 0 Å². The molecule has 0 aliphatic carbocycles. The first kappa shape index (κ1) is 15.9. The fourth-order valence-corrected chi connectivity index (χ4v) is 2.50. The molecule has 0 saturated heterocycles. The van der Waals surface area contributed by atoms with E-state index in [0.717, 1.165) is 22.9 Å². The van der Waals surface area contributed by atoms with Crippen molar-refractivity contribution in [2.75, 3.05) is 6.61 Å². The van der Waals surface area contributed by atoms with Gasteiger partial charge in [-0.15, -0.1) is 0 Å². The quantitative estimate of drug-likeness (QED) is 0.673. The Hall–Kier alpha value is -1.45. The summed E-state index contributed by atoms with van der Waals surface area (Å²) in [5.74, 6) is 0.0186. The van der Waals surface area contributed by atoms with Crippen LogP contribution >= 0.6 is 15.9 Å². The lowest BCUT2D eigenvalue weighted by Gasteiger charge is -2.06. The zero-order chi connectivity index (χ0) is 15.1. The van der Waals surface area contributed by atoms with E-state index in [9.17, 15) is 4.79 Å². The first-order chi connectivity index (χ1) is 10.2. The molecule has 2 nitrogen and oxygen atoms in total. The maximum Gasteiger partial charge on any atom is 0.188 e. The van der Waals surface area contributed by atoms with Crippen LogP contribution in [0, 0.1) is 0 Å². The normalized spacial score (nSPS) is 10.6. The third-order valence-electron chi connectivity index (χ3n) is 3.26. The van der Waals surface area contributed by atoms with Crippen molar-refractivity contribution in [3.8, 4) is 0 Å². The molecule has 0 amide bonds. The van der Waals surface area contributed by atoms with Gasteiger partial charge < -0.3 is 4.74 Å². The molecule has 0 bridgehead atoms. The third-order valence-corrected chi connectivity index (χ3v) is 4.04. The van der Waals surface area contributed by atoms with Crippen LogP contribution in [0.1, 0.15) is 34.8 Å². The zero-order valence-electron chi connectivity index (χ0n) is 12.1. The van der Waals surface area contributed by atoms with Gasteiger partial charge in [-0.1, -0.05) is 71.7 Å². The van der Waals surface area contributed by atoms with Crippen molar-refractivity contribution in [1.82, 2.24) is 0 Å². The summed E-state index contributed by atoms with van der Waals surface area (Å²) < 4.78 is 6.52. The first-order valence-corrected chi connectivity index (χ1v) is 7.93. The topological polar surface area (TPSA) is 26.3 Å². The highest BCUT2D eigenvalue weighted by Gasteiger charge is 2.07. The highest BCUT2D eigenvalue weighted by molar-refractivity contribution is 9.10. The molecule has 2 rings (SSSR count). The molecule has 0 aliphatic heterocycles. The second-order valence-electron chi connectivity index (χ2n) is 4.95. The molecule has 0 aromatic heterocycles. The number of hydrogen-bond acceptors (Lipinski definition) is 2. The van der Waals surface area contributed by atoms with Gasteiger partial charge in [0, 0.05) is 10.0 Å². The van der Waals surface area contributed by atoms with Crippen LogP contribution in [0.25, 0.3) is 0 Å². The Bertz CT molecular complexity index is 590. The molecular formula is C18H19BrO2. The van der Waals surface area contributed by atoms with Crippen LogP contribution < -0.4 is 0 Å². The Labute approximate surface area is 134 Å².